The van der Waals surface area contributed by atoms with Crippen LogP contribution in [0.1, 0.15) is 76.2 Å². The lowest BCUT2D eigenvalue weighted by molar-refractivity contribution is 0.411. The fourth-order valence-corrected chi connectivity index (χ4v) is 2.28. The number of nitrogens with zero attached hydrogens (tertiary/aromatic N) is 2. The third-order valence-electron chi connectivity index (χ3n) is 3.29. The number of hydrogen-bond donors (Lipinski definition) is 1. The van der Waals surface area contributed by atoms with Crippen LogP contribution >= 0.6 is 0 Å². The summed E-state index contributed by atoms with van der Waals surface area (Å²) in [7, 11) is 0. The lowest BCUT2D eigenvalue weighted by Crippen LogP contribution is -2.38. The first-order valence-corrected chi connectivity index (χ1v) is 7.22. The van der Waals surface area contributed by atoms with Crippen LogP contribution in [0.25, 0.3) is 0 Å². The minimum atomic E-state index is 0.148. The molecule has 3 nitrogen and oxygen atoms in total. The van der Waals surface area contributed by atoms with Crippen molar-refractivity contribution in [2.75, 3.05) is 6.54 Å². The van der Waals surface area contributed by atoms with Gasteiger partial charge in [0.15, 0.2) is 0 Å². The smallest absolute Gasteiger partial charge is 0.131 e. The Kier molecular flexibility index (Phi) is 5.08. The van der Waals surface area contributed by atoms with Crippen LogP contribution in [0, 0.1) is 13.8 Å². The minimum absolute atomic E-state index is 0.148. The second-order valence-corrected chi connectivity index (χ2v) is 6.85. The maximum Gasteiger partial charge on any atom is 0.131 e. The molecule has 0 spiro atoms. The van der Waals surface area contributed by atoms with Gasteiger partial charge in [0.25, 0.3) is 0 Å². The predicted octanol–water partition coefficient (Wildman–Crippen LogP) is 3.71. The Morgan fingerprint density at radius 1 is 1.00 bits per heavy atom. The van der Waals surface area contributed by atoms with Crippen molar-refractivity contribution < 1.29 is 0 Å². The summed E-state index contributed by atoms with van der Waals surface area (Å²) in [6.45, 7) is 18.2. The Bertz CT molecular complexity index is 407. The average molecular weight is 263 g/mol. The molecule has 0 saturated heterocycles. The molecule has 0 bridgehead atoms. The molecule has 19 heavy (non-hydrogen) atoms. The van der Waals surface area contributed by atoms with Crippen molar-refractivity contribution in [1.29, 1.82) is 0 Å². The molecule has 0 saturated carbocycles. The summed E-state index contributed by atoms with van der Waals surface area (Å²) in [5.74, 6) is 1.77. The van der Waals surface area contributed by atoms with Crippen LogP contribution in [0.2, 0.25) is 0 Å². The van der Waals surface area contributed by atoms with Crippen molar-refractivity contribution in [3.8, 4) is 0 Å². The van der Waals surface area contributed by atoms with E-state index in [0.717, 1.165) is 23.8 Å². The number of nitrogens with one attached hydrogen (secondary N) is 1. The number of aromatic nitrogens is 2. The first kappa shape index (κ1) is 16.1. The van der Waals surface area contributed by atoms with Crippen LogP contribution in [0.3, 0.4) is 0 Å². The van der Waals surface area contributed by atoms with Gasteiger partial charge in [-0.25, -0.2) is 9.97 Å². The highest BCUT2D eigenvalue weighted by Gasteiger charge is 2.18. The van der Waals surface area contributed by atoms with E-state index in [1.807, 2.05) is 0 Å². The van der Waals surface area contributed by atoms with E-state index in [1.165, 1.54) is 5.56 Å². The zero-order chi connectivity index (χ0) is 14.8. The van der Waals surface area contributed by atoms with Gasteiger partial charge in [-0.3, -0.25) is 0 Å². The minimum Gasteiger partial charge on any atom is -0.311 e. The highest BCUT2D eigenvalue weighted by atomic mass is 15.0. The van der Waals surface area contributed by atoms with Crippen LogP contribution < -0.4 is 5.32 Å². The summed E-state index contributed by atoms with van der Waals surface area (Å²) < 4.78 is 0. The van der Waals surface area contributed by atoms with E-state index < -0.39 is 0 Å². The van der Waals surface area contributed by atoms with E-state index in [1.54, 1.807) is 0 Å². The van der Waals surface area contributed by atoms with E-state index in [2.05, 4.69) is 70.7 Å². The van der Waals surface area contributed by atoms with E-state index in [-0.39, 0.29) is 5.54 Å². The van der Waals surface area contributed by atoms with Crippen molar-refractivity contribution in [1.82, 2.24) is 15.3 Å². The molecule has 0 aromatic carbocycles. The molecule has 108 valence electrons. The molecule has 0 aliphatic heterocycles. The molecule has 0 fully saturated rings. The largest absolute Gasteiger partial charge is 0.311 e. The number of hydrogen-bond acceptors (Lipinski definition) is 3. The summed E-state index contributed by atoms with van der Waals surface area (Å²) in [6, 6.07) is 0. The van der Waals surface area contributed by atoms with Crippen LogP contribution in [-0.2, 0) is 0 Å². The molecular weight excluding hydrogens is 234 g/mol. The highest BCUT2D eigenvalue weighted by molar-refractivity contribution is 5.28. The standard InChI is InChI=1S/C16H29N3/c1-10(2)15-18-12(4)14(13(5)19-15)11(3)9-17-16(6,7)8/h10-11,17H,9H2,1-8H3. The summed E-state index contributed by atoms with van der Waals surface area (Å²) in [5.41, 5.74) is 3.69. The van der Waals surface area contributed by atoms with Crippen LogP contribution in [-0.4, -0.2) is 22.1 Å². The maximum atomic E-state index is 4.66. The lowest BCUT2D eigenvalue weighted by atomic mass is 9.96. The Morgan fingerprint density at radius 2 is 1.47 bits per heavy atom. The Morgan fingerprint density at radius 3 is 1.84 bits per heavy atom. The summed E-state index contributed by atoms with van der Waals surface area (Å²) in [4.78, 5) is 9.32. The predicted molar refractivity (Wildman–Crippen MR) is 81.8 cm³/mol. The molecule has 1 unspecified atom stereocenters. The van der Waals surface area contributed by atoms with E-state index in [9.17, 15) is 0 Å². The normalized spacial score (nSPS) is 13.9. The van der Waals surface area contributed by atoms with Crippen molar-refractivity contribution in [3.63, 3.8) is 0 Å². The van der Waals surface area contributed by atoms with Gasteiger partial charge in [0.1, 0.15) is 5.82 Å². The molecule has 0 aliphatic rings. The number of rotatable bonds is 4. The quantitative estimate of drug-likeness (QED) is 0.900. The van der Waals surface area contributed by atoms with Crippen molar-refractivity contribution in [2.24, 2.45) is 0 Å². The molecule has 3 heteroatoms. The summed E-state index contributed by atoms with van der Waals surface area (Å²) in [5, 5.41) is 3.56. The molecule has 1 rings (SSSR count). The first-order valence-electron chi connectivity index (χ1n) is 7.22. The topological polar surface area (TPSA) is 37.8 Å². The third kappa shape index (κ3) is 4.57. The van der Waals surface area contributed by atoms with Gasteiger partial charge < -0.3 is 5.32 Å². The van der Waals surface area contributed by atoms with Crippen molar-refractivity contribution in [3.05, 3.63) is 22.8 Å². The molecule has 1 heterocycles. The highest BCUT2D eigenvalue weighted by Crippen LogP contribution is 2.23. The molecule has 1 aromatic heterocycles. The van der Waals surface area contributed by atoms with E-state index >= 15 is 0 Å². The Balaban J connectivity index is 2.94. The lowest BCUT2D eigenvalue weighted by Gasteiger charge is -2.25. The van der Waals surface area contributed by atoms with Gasteiger partial charge in [0.05, 0.1) is 0 Å². The maximum absolute atomic E-state index is 4.66. The fraction of sp³-hybridized carbons (Fsp3) is 0.750. The van der Waals surface area contributed by atoms with E-state index in [4.69, 9.17) is 0 Å². The average Bonchev–Trinajstić information content (AvgIpc) is 2.24. The molecule has 0 amide bonds. The zero-order valence-corrected chi connectivity index (χ0v) is 13.8. The van der Waals surface area contributed by atoms with E-state index in [0.29, 0.717) is 11.8 Å². The van der Waals surface area contributed by atoms with Crippen molar-refractivity contribution in [2.45, 2.75) is 72.8 Å². The van der Waals surface area contributed by atoms with Gasteiger partial charge >= 0.3 is 0 Å². The molecule has 1 N–H and O–H groups in total. The SMILES string of the molecule is Cc1nc(C(C)C)nc(C)c1C(C)CNC(C)(C)C. The van der Waals surface area contributed by atoms with Gasteiger partial charge in [-0.1, -0.05) is 20.8 Å². The van der Waals surface area contributed by atoms with Crippen LogP contribution in [0.5, 0.6) is 0 Å². The molecular formula is C16H29N3. The first-order chi connectivity index (χ1) is 8.61. The van der Waals surface area contributed by atoms with Gasteiger partial charge in [-0.2, -0.15) is 0 Å². The monoisotopic (exact) mass is 263 g/mol. The van der Waals surface area contributed by atoms with Gasteiger partial charge in [0.2, 0.25) is 0 Å². The Labute approximate surface area is 118 Å². The zero-order valence-electron chi connectivity index (χ0n) is 13.8. The van der Waals surface area contributed by atoms with Gasteiger partial charge in [0, 0.05) is 29.4 Å². The van der Waals surface area contributed by atoms with Gasteiger partial charge in [-0.05, 0) is 46.1 Å². The molecule has 1 atom stereocenters. The fourth-order valence-electron chi connectivity index (χ4n) is 2.28. The molecule has 1 aromatic rings. The summed E-state index contributed by atoms with van der Waals surface area (Å²) in [6.07, 6.45) is 0. The molecule has 0 aliphatic carbocycles. The van der Waals surface area contributed by atoms with Crippen molar-refractivity contribution >= 4 is 0 Å². The second-order valence-electron chi connectivity index (χ2n) is 6.85. The Hall–Kier alpha value is -0.960. The van der Waals surface area contributed by atoms with Crippen LogP contribution in [0.4, 0.5) is 0 Å². The number of aryl methyl sites for hydroxylation is 2. The summed E-state index contributed by atoms with van der Waals surface area (Å²) >= 11 is 0. The van der Waals surface area contributed by atoms with Gasteiger partial charge in [-0.15, -0.1) is 0 Å². The third-order valence-corrected chi connectivity index (χ3v) is 3.29. The molecule has 0 radical (unpaired) electrons. The second kappa shape index (κ2) is 6.00. The van der Waals surface area contributed by atoms with Crippen LogP contribution in [0.15, 0.2) is 0 Å².